The Morgan fingerprint density at radius 2 is 2.07 bits per heavy atom. The molecule has 0 aromatic heterocycles. The van der Waals surface area contributed by atoms with Crippen LogP contribution < -0.4 is 4.90 Å². The van der Waals surface area contributed by atoms with Gasteiger partial charge in [0.25, 0.3) is 5.91 Å². The highest BCUT2D eigenvalue weighted by Crippen LogP contribution is 2.25. The van der Waals surface area contributed by atoms with Gasteiger partial charge in [-0.2, -0.15) is 0 Å². The van der Waals surface area contributed by atoms with Crippen molar-refractivity contribution < 1.29 is 9.18 Å². The molecule has 1 aromatic rings. The SMILES string of the molecule is CC(F)C(=O)N(C)c1ccccc1Br. The first-order valence-corrected chi connectivity index (χ1v) is 4.99. The topological polar surface area (TPSA) is 20.3 Å². The highest BCUT2D eigenvalue weighted by molar-refractivity contribution is 9.10. The predicted octanol–water partition coefficient (Wildman–Crippen LogP) is 2.77. The Bertz CT molecular complexity index is 341. The summed E-state index contributed by atoms with van der Waals surface area (Å²) in [6.45, 7) is 1.23. The van der Waals surface area contributed by atoms with E-state index in [0.717, 1.165) is 4.47 Å². The van der Waals surface area contributed by atoms with Gasteiger partial charge in [-0.15, -0.1) is 0 Å². The fourth-order valence-electron chi connectivity index (χ4n) is 1.11. The molecule has 0 aliphatic rings. The van der Waals surface area contributed by atoms with E-state index in [9.17, 15) is 9.18 Å². The van der Waals surface area contributed by atoms with E-state index in [1.54, 1.807) is 19.2 Å². The minimum Gasteiger partial charge on any atom is -0.312 e. The number of anilines is 1. The Morgan fingerprint density at radius 1 is 1.50 bits per heavy atom. The summed E-state index contributed by atoms with van der Waals surface area (Å²) in [5, 5.41) is 0. The van der Waals surface area contributed by atoms with Gasteiger partial charge in [0.1, 0.15) is 0 Å². The molecule has 1 aromatic carbocycles. The lowest BCUT2D eigenvalue weighted by Crippen LogP contribution is -2.32. The van der Waals surface area contributed by atoms with Crippen LogP contribution >= 0.6 is 15.9 Å². The monoisotopic (exact) mass is 259 g/mol. The average Bonchev–Trinajstić information content (AvgIpc) is 2.16. The molecule has 76 valence electrons. The van der Waals surface area contributed by atoms with E-state index < -0.39 is 12.1 Å². The zero-order valence-electron chi connectivity index (χ0n) is 8.00. The number of amides is 1. The molecule has 1 atom stereocenters. The maximum Gasteiger partial charge on any atom is 0.260 e. The lowest BCUT2D eigenvalue weighted by molar-refractivity contribution is -0.122. The van der Waals surface area contributed by atoms with Gasteiger partial charge in [0, 0.05) is 11.5 Å². The molecule has 0 bridgehead atoms. The van der Waals surface area contributed by atoms with E-state index in [0.29, 0.717) is 5.69 Å². The highest BCUT2D eigenvalue weighted by Gasteiger charge is 2.18. The van der Waals surface area contributed by atoms with E-state index in [-0.39, 0.29) is 0 Å². The summed E-state index contributed by atoms with van der Waals surface area (Å²) in [7, 11) is 1.55. The minimum atomic E-state index is -1.48. The maximum atomic E-state index is 12.8. The van der Waals surface area contributed by atoms with Crippen LogP contribution in [0.1, 0.15) is 6.92 Å². The van der Waals surface area contributed by atoms with Gasteiger partial charge in [-0.3, -0.25) is 4.79 Å². The normalized spacial score (nSPS) is 12.3. The van der Waals surface area contributed by atoms with Gasteiger partial charge in [0.15, 0.2) is 6.17 Å². The molecule has 0 fully saturated rings. The number of nitrogens with zero attached hydrogens (tertiary/aromatic N) is 1. The summed E-state index contributed by atoms with van der Waals surface area (Å²) < 4.78 is 13.5. The van der Waals surface area contributed by atoms with E-state index in [4.69, 9.17) is 0 Å². The second-order valence-corrected chi connectivity index (χ2v) is 3.82. The molecule has 1 rings (SSSR count). The Hall–Kier alpha value is -0.900. The third-order valence-electron chi connectivity index (χ3n) is 1.88. The average molecular weight is 260 g/mol. The van der Waals surface area contributed by atoms with E-state index in [1.807, 2.05) is 12.1 Å². The molecule has 0 aliphatic heterocycles. The van der Waals surface area contributed by atoms with Crippen LogP contribution in [0.4, 0.5) is 10.1 Å². The molecule has 0 heterocycles. The van der Waals surface area contributed by atoms with Crippen LogP contribution in [0.5, 0.6) is 0 Å². The van der Waals surface area contributed by atoms with Gasteiger partial charge in [-0.1, -0.05) is 12.1 Å². The van der Waals surface area contributed by atoms with E-state index in [2.05, 4.69) is 15.9 Å². The number of para-hydroxylation sites is 1. The summed E-state index contributed by atoms with van der Waals surface area (Å²) in [5.74, 6) is -0.545. The van der Waals surface area contributed by atoms with Crippen molar-refractivity contribution in [3.05, 3.63) is 28.7 Å². The summed E-state index contributed by atoms with van der Waals surface area (Å²) in [6, 6.07) is 7.20. The largest absolute Gasteiger partial charge is 0.312 e. The smallest absolute Gasteiger partial charge is 0.260 e. The highest BCUT2D eigenvalue weighted by atomic mass is 79.9. The summed E-state index contributed by atoms with van der Waals surface area (Å²) >= 11 is 3.30. The summed E-state index contributed by atoms with van der Waals surface area (Å²) in [4.78, 5) is 12.6. The molecule has 0 aliphatic carbocycles. The first-order valence-electron chi connectivity index (χ1n) is 4.20. The number of halogens is 2. The van der Waals surface area contributed by atoms with Gasteiger partial charge < -0.3 is 4.90 Å². The van der Waals surface area contributed by atoms with Crippen LogP contribution in [0.2, 0.25) is 0 Å². The molecule has 4 heteroatoms. The van der Waals surface area contributed by atoms with Crippen molar-refractivity contribution in [1.82, 2.24) is 0 Å². The molecule has 0 saturated carbocycles. The van der Waals surface area contributed by atoms with Gasteiger partial charge >= 0.3 is 0 Å². The van der Waals surface area contributed by atoms with Gasteiger partial charge in [0.2, 0.25) is 0 Å². The quantitative estimate of drug-likeness (QED) is 0.800. The van der Waals surface area contributed by atoms with Crippen molar-refractivity contribution in [3.8, 4) is 0 Å². The first-order chi connectivity index (χ1) is 6.54. The number of carbonyl (C=O) groups excluding carboxylic acids is 1. The molecule has 14 heavy (non-hydrogen) atoms. The number of carbonyl (C=O) groups is 1. The fourth-order valence-corrected chi connectivity index (χ4v) is 1.66. The Balaban J connectivity index is 2.95. The molecule has 0 spiro atoms. The lowest BCUT2D eigenvalue weighted by Gasteiger charge is -2.19. The zero-order chi connectivity index (χ0) is 10.7. The molecular weight excluding hydrogens is 249 g/mol. The maximum absolute atomic E-state index is 12.8. The standard InChI is InChI=1S/C10H11BrFNO/c1-7(12)10(14)13(2)9-6-4-3-5-8(9)11/h3-7H,1-2H3. The number of alkyl halides is 1. The van der Waals surface area contributed by atoms with Crippen LogP contribution in [0.25, 0.3) is 0 Å². The summed E-state index contributed by atoms with van der Waals surface area (Å²) in [5.41, 5.74) is 0.669. The van der Waals surface area contributed by atoms with Crippen LogP contribution in [-0.4, -0.2) is 19.1 Å². The van der Waals surface area contributed by atoms with Gasteiger partial charge in [0.05, 0.1) is 5.69 Å². The zero-order valence-corrected chi connectivity index (χ0v) is 9.58. The van der Waals surface area contributed by atoms with Crippen molar-refractivity contribution in [2.24, 2.45) is 0 Å². The molecule has 1 unspecified atom stereocenters. The molecular formula is C10H11BrFNO. The van der Waals surface area contributed by atoms with Crippen LogP contribution in [-0.2, 0) is 4.79 Å². The van der Waals surface area contributed by atoms with Crippen molar-refractivity contribution in [3.63, 3.8) is 0 Å². The second-order valence-electron chi connectivity index (χ2n) is 2.96. The fraction of sp³-hybridized carbons (Fsp3) is 0.300. The number of rotatable bonds is 2. The molecule has 0 saturated heterocycles. The molecule has 0 radical (unpaired) electrons. The first kappa shape index (κ1) is 11.2. The Labute approximate surface area is 90.8 Å². The van der Waals surface area contributed by atoms with Crippen LogP contribution in [0.15, 0.2) is 28.7 Å². The summed E-state index contributed by atoms with van der Waals surface area (Å²) in [6.07, 6.45) is -1.48. The molecule has 1 amide bonds. The van der Waals surface area contributed by atoms with Gasteiger partial charge in [-0.25, -0.2) is 4.39 Å². The third kappa shape index (κ3) is 2.32. The second kappa shape index (κ2) is 4.55. The van der Waals surface area contributed by atoms with Crippen molar-refractivity contribution >= 4 is 27.5 Å². The van der Waals surface area contributed by atoms with Gasteiger partial charge in [-0.05, 0) is 35.0 Å². The minimum absolute atomic E-state index is 0.545. The lowest BCUT2D eigenvalue weighted by atomic mass is 10.3. The van der Waals surface area contributed by atoms with E-state index in [1.165, 1.54) is 11.8 Å². The predicted molar refractivity (Wildman–Crippen MR) is 58.1 cm³/mol. The Kier molecular flexibility index (Phi) is 3.63. The Morgan fingerprint density at radius 3 is 2.57 bits per heavy atom. The van der Waals surface area contributed by atoms with Crippen LogP contribution in [0, 0.1) is 0 Å². The van der Waals surface area contributed by atoms with Crippen molar-refractivity contribution in [1.29, 1.82) is 0 Å². The number of hydrogen-bond acceptors (Lipinski definition) is 1. The molecule has 0 N–H and O–H groups in total. The number of benzene rings is 1. The van der Waals surface area contributed by atoms with Crippen molar-refractivity contribution in [2.45, 2.75) is 13.1 Å². The van der Waals surface area contributed by atoms with Crippen molar-refractivity contribution in [2.75, 3.05) is 11.9 Å². The third-order valence-corrected chi connectivity index (χ3v) is 2.56. The molecule has 2 nitrogen and oxygen atoms in total. The van der Waals surface area contributed by atoms with E-state index >= 15 is 0 Å². The van der Waals surface area contributed by atoms with Crippen LogP contribution in [0.3, 0.4) is 0 Å². The number of hydrogen-bond donors (Lipinski definition) is 0.